The highest BCUT2D eigenvalue weighted by atomic mass is 16.4. The first-order valence-electron chi connectivity index (χ1n) is 7.08. The van der Waals surface area contributed by atoms with Gasteiger partial charge in [-0.15, -0.1) is 0 Å². The van der Waals surface area contributed by atoms with Crippen molar-refractivity contribution in [1.29, 1.82) is 0 Å². The van der Waals surface area contributed by atoms with E-state index in [0.717, 1.165) is 32.2 Å². The predicted octanol–water partition coefficient (Wildman–Crippen LogP) is 2.04. The summed E-state index contributed by atoms with van der Waals surface area (Å²) in [7, 11) is 0. The van der Waals surface area contributed by atoms with E-state index in [1.165, 1.54) is 12.8 Å². The van der Waals surface area contributed by atoms with Crippen LogP contribution in [0.15, 0.2) is 0 Å². The number of nitrogens with one attached hydrogen (secondary N) is 1. The second-order valence-corrected chi connectivity index (χ2v) is 5.93. The molecule has 0 aromatic heterocycles. The van der Waals surface area contributed by atoms with E-state index in [9.17, 15) is 9.59 Å². The standard InChI is InChI=1S/C14H23NO3/c1-9(11-6-7-11)13(16)15-8-10-2-4-12(5-3-10)14(17)18/h9-12H,2-8H2,1H3,(H,15,16)(H,17,18). The van der Waals surface area contributed by atoms with Gasteiger partial charge in [-0.3, -0.25) is 9.59 Å². The number of hydrogen-bond donors (Lipinski definition) is 2. The third kappa shape index (κ3) is 3.47. The molecule has 2 aliphatic carbocycles. The van der Waals surface area contributed by atoms with Crippen molar-refractivity contribution in [3.63, 3.8) is 0 Å². The molecule has 0 radical (unpaired) electrons. The molecule has 2 saturated carbocycles. The summed E-state index contributed by atoms with van der Waals surface area (Å²) in [5, 5.41) is 11.9. The minimum absolute atomic E-state index is 0.153. The van der Waals surface area contributed by atoms with Gasteiger partial charge >= 0.3 is 5.97 Å². The molecule has 1 amide bonds. The topological polar surface area (TPSA) is 66.4 Å². The van der Waals surface area contributed by atoms with Gasteiger partial charge in [-0.2, -0.15) is 0 Å². The lowest BCUT2D eigenvalue weighted by Gasteiger charge is -2.26. The van der Waals surface area contributed by atoms with E-state index in [1.54, 1.807) is 0 Å². The van der Waals surface area contributed by atoms with Gasteiger partial charge in [0.1, 0.15) is 0 Å². The smallest absolute Gasteiger partial charge is 0.306 e. The minimum Gasteiger partial charge on any atom is -0.481 e. The van der Waals surface area contributed by atoms with Gasteiger partial charge < -0.3 is 10.4 Å². The van der Waals surface area contributed by atoms with E-state index >= 15 is 0 Å². The SMILES string of the molecule is CC(C(=O)NCC1CCC(C(=O)O)CC1)C1CC1. The molecule has 0 spiro atoms. The van der Waals surface area contributed by atoms with Crippen molar-refractivity contribution in [2.24, 2.45) is 23.7 Å². The predicted molar refractivity (Wildman–Crippen MR) is 68.0 cm³/mol. The van der Waals surface area contributed by atoms with Crippen LogP contribution < -0.4 is 5.32 Å². The highest BCUT2D eigenvalue weighted by Crippen LogP contribution is 2.36. The molecule has 2 N–H and O–H groups in total. The fourth-order valence-corrected chi connectivity index (χ4v) is 2.83. The Morgan fingerprint density at radius 1 is 1.17 bits per heavy atom. The average molecular weight is 253 g/mol. The van der Waals surface area contributed by atoms with Crippen molar-refractivity contribution in [3.8, 4) is 0 Å². The summed E-state index contributed by atoms with van der Waals surface area (Å²) in [6.45, 7) is 2.73. The van der Waals surface area contributed by atoms with Gasteiger partial charge in [0.2, 0.25) is 5.91 Å². The van der Waals surface area contributed by atoms with Crippen LogP contribution in [0.3, 0.4) is 0 Å². The molecule has 0 aromatic rings. The summed E-state index contributed by atoms with van der Waals surface area (Å²) in [5.41, 5.74) is 0. The van der Waals surface area contributed by atoms with E-state index in [4.69, 9.17) is 5.11 Å². The Balaban J connectivity index is 1.65. The van der Waals surface area contributed by atoms with Crippen LogP contribution in [0.25, 0.3) is 0 Å². The Morgan fingerprint density at radius 2 is 1.78 bits per heavy atom. The van der Waals surface area contributed by atoms with Gasteiger partial charge in [-0.05, 0) is 50.4 Å². The molecule has 1 unspecified atom stereocenters. The van der Waals surface area contributed by atoms with Crippen molar-refractivity contribution in [1.82, 2.24) is 5.32 Å². The normalized spacial score (nSPS) is 29.6. The van der Waals surface area contributed by atoms with Gasteiger partial charge in [0.05, 0.1) is 5.92 Å². The molecule has 0 saturated heterocycles. The number of carboxylic acid groups (broad SMARTS) is 1. The fraction of sp³-hybridized carbons (Fsp3) is 0.857. The largest absolute Gasteiger partial charge is 0.481 e. The first kappa shape index (κ1) is 13.4. The molecule has 18 heavy (non-hydrogen) atoms. The summed E-state index contributed by atoms with van der Waals surface area (Å²) in [6.07, 6.45) is 5.75. The maximum absolute atomic E-state index is 11.8. The maximum atomic E-state index is 11.8. The van der Waals surface area contributed by atoms with Crippen molar-refractivity contribution in [2.45, 2.75) is 45.4 Å². The second-order valence-electron chi connectivity index (χ2n) is 5.93. The Labute approximate surface area is 108 Å². The van der Waals surface area contributed by atoms with Crippen LogP contribution in [0.4, 0.5) is 0 Å². The molecule has 2 rings (SSSR count). The molecule has 0 heterocycles. The first-order valence-corrected chi connectivity index (χ1v) is 7.08. The lowest BCUT2D eigenvalue weighted by molar-refractivity contribution is -0.143. The number of carbonyl (C=O) groups is 2. The van der Waals surface area contributed by atoms with Crippen LogP contribution in [0.5, 0.6) is 0 Å². The van der Waals surface area contributed by atoms with Crippen LogP contribution in [-0.2, 0) is 9.59 Å². The van der Waals surface area contributed by atoms with Gasteiger partial charge in [0.15, 0.2) is 0 Å². The third-order valence-electron chi connectivity index (χ3n) is 4.50. The first-order chi connectivity index (χ1) is 8.58. The number of carboxylic acids is 1. The molecule has 102 valence electrons. The Kier molecular flexibility index (Phi) is 4.25. The Morgan fingerprint density at radius 3 is 2.28 bits per heavy atom. The molecular weight excluding hydrogens is 230 g/mol. The number of aliphatic carboxylic acids is 1. The van der Waals surface area contributed by atoms with E-state index in [0.29, 0.717) is 11.8 Å². The van der Waals surface area contributed by atoms with E-state index in [2.05, 4.69) is 5.32 Å². The molecule has 0 aliphatic heterocycles. The lowest BCUT2D eigenvalue weighted by atomic mass is 9.82. The number of hydrogen-bond acceptors (Lipinski definition) is 2. The Hall–Kier alpha value is -1.06. The third-order valence-corrected chi connectivity index (χ3v) is 4.50. The zero-order valence-corrected chi connectivity index (χ0v) is 11.0. The second kappa shape index (κ2) is 5.72. The fourth-order valence-electron chi connectivity index (χ4n) is 2.83. The molecule has 2 fully saturated rings. The lowest BCUT2D eigenvalue weighted by Crippen LogP contribution is -2.35. The number of amides is 1. The monoisotopic (exact) mass is 253 g/mol. The van der Waals surface area contributed by atoms with Crippen molar-refractivity contribution in [3.05, 3.63) is 0 Å². The summed E-state index contributed by atoms with van der Waals surface area (Å²) >= 11 is 0. The van der Waals surface area contributed by atoms with E-state index < -0.39 is 5.97 Å². The van der Waals surface area contributed by atoms with Crippen LogP contribution in [-0.4, -0.2) is 23.5 Å². The average Bonchev–Trinajstić information content (AvgIpc) is 3.19. The van der Waals surface area contributed by atoms with Crippen LogP contribution in [0.2, 0.25) is 0 Å². The molecule has 0 bridgehead atoms. The number of rotatable bonds is 5. The Bertz CT molecular complexity index is 317. The van der Waals surface area contributed by atoms with Crippen LogP contribution in [0, 0.1) is 23.7 Å². The van der Waals surface area contributed by atoms with Gasteiger partial charge in [0.25, 0.3) is 0 Å². The van der Waals surface area contributed by atoms with Crippen LogP contribution >= 0.6 is 0 Å². The molecule has 4 nitrogen and oxygen atoms in total. The van der Waals surface area contributed by atoms with E-state index in [1.807, 2.05) is 6.92 Å². The highest BCUT2D eigenvalue weighted by Gasteiger charge is 2.33. The van der Waals surface area contributed by atoms with Crippen LogP contribution in [0.1, 0.15) is 45.4 Å². The molecule has 4 heteroatoms. The van der Waals surface area contributed by atoms with Crippen molar-refractivity contribution >= 4 is 11.9 Å². The van der Waals surface area contributed by atoms with Gasteiger partial charge in [-0.25, -0.2) is 0 Å². The van der Waals surface area contributed by atoms with Gasteiger partial charge in [-0.1, -0.05) is 6.92 Å². The molecule has 2 aliphatic rings. The van der Waals surface area contributed by atoms with Gasteiger partial charge in [0, 0.05) is 12.5 Å². The zero-order valence-electron chi connectivity index (χ0n) is 11.0. The summed E-state index contributed by atoms with van der Waals surface area (Å²) in [4.78, 5) is 22.7. The summed E-state index contributed by atoms with van der Waals surface area (Å²) in [6, 6.07) is 0. The molecule has 1 atom stereocenters. The highest BCUT2D eigenvalue weighted by molar-refractivity contribution is 5.78. The quantitative estimate of drug-likeness (QED) is 0.788. The summed E-state index contributed by atoms with van der Waals surface area (Å²) < 4.78 is 0. The van der Waals surface area contributed by atoms with Crippen molar-refractivity contribution in [2.75, 3.05) is 6.54 Å². The minimum atomic E-state index is -0.667. The number of carbonyl (C=O) groups excluding carboxylic acids is 1. The zero-order chi connectivity index (χ0) is 13.1. The van der Waals surface area contributed by atoms with E-state index in [-0.39, 0.29) is 17.7 Å². The van der Waals surface area contributed by atoms with Crippen molar-refractivity contribution < 1.29 is 14.7 Å². The maximum Gasteiger partial charge on any atom is 0.306 e. The molecular formula is C14H23NO3. The molecule has 0 aromatic carbocycles. The summed E-state index contributed by atoms with van der Waals surface area (Å²) in [5.74, 6) is 0.573.